The molecule has 1 atom stereocenters. The molecule has 1 fully saturated rings. The van der Waals surface area contributed by atoms with E-state index in [0.29, 0.717) is 0 Å². The van der Waals surface area contributed by atoms with Crippen molar-refractivity contribution in [1.82, 2.24) is 19.7 Å². The van der Waals surface area contributed by atoms with Crippen LogP contribution in [-0.2, 0) is 18.3 Å². The highest BCUT2D eigenvalue weighted by atomic mass is 35.5. The fourth-order valence-corrected chi connectivity index (χ4v) is 4.45. The highest BCUT2D eigenvalue weighted by molar-refractivity contribution is 7.99. The van der Waals surface area contributed by atoms with Crippen molar-refractivity contribution in [1.29, 1.82) is 0 Å². The van der Waals surface area contributed by atoms with E-state index >= 15 is 0 Å². The largest absolute Gasteiger partial charge is 0.375 e. The number of morpholine rings is 1. The number of thioether (sulfide) groups is 1. The zero-order chi connectivity index (χ0) is 19.3. The first-order valence-corrected chi connectivity index (χ1v) is 10.7. The normalized spacial score (nSPS) is 17.7. The molecular weight excluding hydrogens is 392 g/mol. The van der Waals surface area contributed by atoms with Gasteiger partial charge in [-0.25, -0.2) is 0 Å². The summed E-state index contributed by atoms with van der Waals surface area (Å²) in [6, 6.07) is 18.2. The van der Waals surface area contributed by atoms with E-state index in [0.717, 1.165) is 53.6 Å². The van der Waals surface area contributed by atoms with Crippen LogP contribution < -0.4 is 0 Å². The van der Waals surface area contributed by atoms with E-state index in [1.165, 1.54) is 5.56 Å². The Hall–Kier alpha value is -1.86. The van der Waals surface area contributed by atoms with Crippen LogP contribution in [0.5, 0.6) is 0 Å². The minimum atomic E-state index is 0.165. The summed E-state index contributed by atoms with van der Waals surface area (Å²) in [7, 11) is 2.01. The van der Waals surface area contributed by atoms with E-state index in [4.69, 9.17) is 16.3 Å². The lowest BCUT2D eigenvalue weighted by atomic mass is 10.2. The summed E-state index contributed by atoms with van der Waals surface area (Å²) in [6.07, 6.45) is 0.165. The lowest BCUT2D eigenvalue weighted by Crippen LogP contribution is -2.43. The van der Waals surface area contributed by atoms with Crippen molar-refractivity contribution < 1.29 is 4.74 Å². The molecule has 0 amide bonds. The molecule has 0 bridgehead atoms. The summed E-state index contributed by atoms with van der Waals surface area (Å²) in [4.78, 5) is 2.40. The van der Waals surface area contributed by atoms with E-state index < -0.39 is 0 Å². The predicted molar refractivity (Wildman–Crippen MR) is 114 cm³/mol. The van der Waals surface area contributed by atoms with Gasteiger partial charge in [-0.05, 0) is 11.6 Å². The van der Waals surface area contributed by atoms with Gasteiger partial charge in [0.1, 0.15) is 0 Å². The summed E-state index contributed by atoms with van der Waals surface area (Å²) >= 11 is 8.00. The zero-order valence-corrected chi connectivity index (χ0v) is 17.4. The molecule has 28 heavy (non-hydrogen) atoms. The monoisotopic (exact) mass is 414 g/mol. The van der Waals surface area contributed by atoms with Gasteiger partial charge in [0.15, 0.2) is 11.0 Å². The lowest BCUT2D eigenvalue weighted by Gasteiger charge is -2.32. The van der Waals surface area contributed by atoms with Gasteiger partial charge >= 0.3 is 0 Å². The zero-order valence-electron chi connectivity index (χ0n) is 15.8. The number of hydrogen-bond acceptors (Lipinski definition) is 5. The third-order valence-corrected chi connectivity index (χ3v) is 6.36. The smallest absolute Gasteiger partial charge is 0.191 e. The van der Waals surface area contributed by atoms with Gasteiger partial charge in [0, 0.05) is 43.0 Å². The average Bonchev–Trinajstić information content (AvgIpc) is 3.09. The molecule has 0 unspecified atom stereocenters. The van der Waals surface area contributed by atoms with Crippen LogP contribution >= 0.6 is 23.4 Å². The molecule has 4 rings (SSSR count). The molecule has 2 aromatic carbocycles. The molecule has 1 aliphatic heterocycles. The van der Waals surface area contributed by atoms with Crippen LogP contribution in [0.15, 0.2) is 59.8 Å². The molecule has 0 radical (unpaired) electrons. The second-order valence-electron chi connectivity index (χ2n) is 6.86. The molecule has 0 aliphatic carbocycles. The number of benzene rings is 2. The van der Waals surface area contributed by atoms with Crippen molar-refractivity contribution in [2.75, 3.05) is 25.4 Å². The van der Waals surface area contributed by atoms with Gasteiger partial charge in [-0.1, -0.05) is 71.9 Å². The topological polar surface area (TPSA) is 43.2 Å². The first-order chi connectivity index (χ1) is 13.7. The number of hydrogen-bond donors (Lipinski definition) is 0. The third-order valence-electron chi connectivity index (χ3n) is 4.84. The fraction of sp³-hybridized carbons (Fsp3) is 0.333. The number of aromatic nitrogens is 3. The van der Waals surface area contributed by atoms with Crippen molar-refractivity contribution >= 4 is 23.4 Å². The molecule has 0 N–H and O–H groups in total. The summed E-state index contributed by atoms with van der Waals surface area (Å²) < 4.78 is 8.02. The molecule has 2 heterocycles. The summed E-state index contributed by atoms with van der Waals surface area (Å²) in [5, 5.41) is 10.5. The van der Waals surface area contributed by atoms with Crippen LogP contribution in [0, 0.1) is 0 Å². The van der Waals surface area contributed by atoms with E-state index in [-0.39, 0.29) is 6.10 Å². The molecule has 7 heteroatoms. The molecule has 0 spiro atoms. The van der Waals surface area contributed by atoms with Crippen molar-refractivity contribution in [2.24, 2.45) is 7.05 Å². The van der Waals surface area contributed by atoms with Crippen molar-refractivity contribution in [2.45, 2.75) is 17.8 Å². The first kappa shape index (κ1) is 19.5. The van der Waals surface area contributed by atoms with Crippen molar-refractivity contribution in [3.05, 3.63) is 65.2 Å². The van der Waals surface area contributed by atoms with E-state index in [1.54, 1.807) is 11.8 Å². The average molecular weight is 415 g/mol. The van der Waals surface area contributed by atoms with Gasteiger partial charge in [0.05, 0.1) is 12.7 Å². The van der Waals surface area contributed by atoms with Gasteiger partial charge in [-0.2, -0.15) is 0 Å². The van der Waals surface area contributed by atoms with Gasteiger partial charge in [0.2, 0.25) is 0 Å². The quantitative estimate of drug-likeness (QED) is 0.567. The van der Waals surface area contributed by atoms with Gasteiger partial charge in [0.25, 0.3) is 0 Å². The van der Waals surface area contributed by atoms with Gasteiger partial charge in [-0.3, -0.25) is 4.90 Å². The molecule has 146 valence electrons. The summed E-state index contributed by atoms with van der Waals surface area (Å²) in [5.74, 6) is 1.73. The van der Waals surface area contributed by atoms with Crippen LogP contribution in [0.4, 0.5) is 0 Å². The Morgan fingerprint density at radius 1 is 1.11 bits per heavy atom. The third kappa shape index (κ3) is 4.58. The molecule has 5 nitrogen and oxygen atoms in total. The van der Waals surface area contributed by atoms with E-state index in [9.17, 15) is 0 Å². The molecule has 1 aromatic heterocycles. The lowest BCUT2D eigenvalue weighted by molar-refractivity contribution is -0.0187. The van der Waals surface area contributed by atoms with Gasteiger partial charge < -0.3 is 9.30 Å². The maximum atomic E-state index is 6.31. The number of ether oxygens (including phenoxy) is 1. The maximum absolute atomic E-state index is 6.31. The number of rotatable bonds is 6. The predicted octanol–water partition coefficient (Wildman–Crippen LogP) is 4.13. The fourth-order valence-electron chi connectivity index (χ4n) is 3.34. The Labute approximate surface area is 174 Å². The van der Waals surface area contributed by atoms with Crippen LogP contribution in [-0.4, -0.2) is 51.2 Å². The second-order valence-corrected chi connectivity index (χ2v) is 8.26. The van der Waals surface area contributed by atoms with Gasteiger partial charge in [-0.15, -0.1) is 10.2 Å². The van der Waals surface area contributed by atoms with Crippen molar-refractivity contribution in [3.63, 3.8) is 0 Å². The molecule has 1 saturated heterocycles. The Morgan fingerprint density at radius 3 is 2.71 bits per heavy atom. The molecule has 3 aromatic rings. The first-order valence-electron chi connectivity index (χ1n) is 9.35. The SMILES string of the molecule is Cn1c(SC[C@@H]2CN(Cc3ccccc3Cl)CCO2)nnc1-c1ccccc1. The molecule has 1 aliphatic rings. The van der Waals surface area contributed by atoms with Crippen molar-refractivity contribution in [3.8, 4) is 11.4 Å². The van der Waals surface area contributed by atoms with Crippen LogP contribution in [0.25, 0.3) is 11.4 Å². The maximum Gasteiger partial charge on any atom is 0.191 e. The standard InChI is InChI=1S/C21H23ClN4OS/c1-25-20(16-7-3-2-4-8-16)23-24-21(25)28-15-18-14-26(11-12-27-18)13-17-9-5-6-10-19(17)22/h2-10,18H,11-15H2,1H3/t18-/m0/s1. The van der Waals surface area contributed by atoms with E-state index in [1.807, 2.05) is 48.0 Å². The Kier molecular flexibility index (Phi) is 6.32. The van der Waals surface area contributed by atoms with Crippen LogP contribution in [0.2, 0.25) is 5.02 Å². The summed E-state index contributed by atoms with van der Waals surface area (Å²) in [6.45, 7) is 3.41. The Morgan fingerprint density at radius 2 is 1.89 bits per heavy atom. The summed E-state index contributed by atoms with van der Waals surface area (Å²) in [5.41, 5.74) is 2.24. The van der Waals surface area contributed by atoms with Crippen LogP contribution in [0.3, 0.4) is 0 Å². The Balaban J connectivity index is 1.35. The van der Waals surface area contributed by atoms with E-state index in [2.05, 4.69) is 33.3 Å². The number of halogens is 1. The number of nitrogens with zero attached hydrogens (tertiary/aromatic N) is 4. The molecular formula is C21H23ClN4OS. The second kappa shape index (κ2) is 9.09. The van der Waals surface area contributed by atoms with Crippen LogP contribution in [0.1, 0.15) is 5.56 Å². The minimum absolute atomic E-state index is 0.165. The minimum Gasteiger partial charge on any atom is -0.375 e. The highest BCUT2D eigenvalue weighted by Gasteiger charge is 2.22. The molecule has 0 saturated carbocycles. The highest BCUT2D eigenvalue weighted by Crippen LogP contribution is 2.25. The Bertz CT molecular complexity index is 918.